The molecule has 0 unspecified atom stereocenters. The minimum Gasteiger partial charge on any atom is -0.493 e. The second kappa shape index (κ2) is 9.35. The van der Waals surface area contributed by atoms with E-state index in [1.165, 1.54) is 27.8 Å². The number of benzene rings is 3. The topological polar surface area (TPSA) is 21.7 Å². The molecule has 0 aliphatic carbocycles. The van der Waals surface area contributed by atoms with Crippen molar-refractivity contribution in [2.45, 2.75) is 32.6 Å². The Balaban J connectivity index is 1.58. The average Bonchev–Trinajstić information content (AvgIpc) is 2.85. The minimum atomic E-state index is 0.708. The molecule has 3 aromatic rings. The molecule has 0 N–H and O–H groups in total. The van der Waals surface area contributed by atoms with E-state index in [1.807, 2.05) is 12.1 Å². The molecule has 3 aromatic carbocycles. The minimum absolute atomic E-state index is 0.708. The molecule has 0 atom stereocenters. The number of para-hydroxylation sites is 2. The summed E-state index contributed by atoms with van der Waals surface area (Å²) in [4.78, 5) is 2.28. The first-order chi connectivity index (χ1) is 15.8. The van der Waals surface area contributed by atoms with Gasteiger partial charge < -0.3 is 14.4 Å². The summed E-state index contributed by atoms with van der Waals surface area (Å²) in [6.45, 7) is 3.64. The van der Waals surface area contributed by atoms with E-state index in [0.29, 0.717) is 13.2 Å². The molecule has 2 aliphatic heterocycles. The lowest BCUT2D eigenvalue weighted by Gasteiger charge is -2.26. The zero-order valence-corrected chi connectivity index (χ0v) is 18.6. The summed E-state index contributed by atoms with van der Waals surface area (Å²) in [6, 6.07) is 25.6. The lowest BCUT2D eigenvalue weighted by atomic mass is 9.99. The van der Waals surface area contributed by atoms with Crippen LogP contribution in [-0.4, -0.2) is 13.2 Å². The Morgan fingerprint density at radius 3 is 1.78 bits per heavy atom. The molecule has 3 heteroatoms. The summed E-state index contributed by atoms with van der Waals surface area (Å²) in [5.41, 5.74) is 7.49. The standard InChI is InChI=1S/C29H29NO2/c1-2-7-22-12-14-25(15-13-22)30(20-23-16-18-31-28-10-5-3-8-26(23)28)21-24-17-19-32-29-11-6-4-9-27(24)29/h3-6,8-15,20-21H,2,7,16-19H2,1H3/b23-20+,24-21+. The summed E-state index contributed by atoms with van der Waals surface area (Å²) in [5, 5.41) is 0. The van der Waals surface area contributed by atoms with Gasteiger partial charge in [-0.3, -0.25) is 0 Å². The van der Waals surface area contributed by atoms with Crippen LogP contribution in [0, 0.1) is 0 Å². The van der Waals surface area contributed by atoms with Gasteiger partial charge in [-0.05, 0) is 47.4 Å². The number of hydrogen-bond donors (Lipinski definition) is 0. The van der Waals surface area contributed by atoms with Gasteiger partial charge >= 0.3 is 0 Å². The van der Waals surface area contributed by atoms with Crippen LogP contribution < -0.4 is 14.4 Å². The molecular weight excluding hydrogens is 394 g/mol. The molecule has 0 aromatic heterocycles. The Hall–Kier alpha value is -3.46. The predicted molar refractivity (Wildman–Crippen MR) is 132 cm³/mol. The number of fused-ring (bicyclic) bond motifs is 2. The second-order valence-corrected chi connectivity index (χ2v) is 8.32. The lowest BCUT2D eigenvalue weighted by Crippen LogP contribution is -2.15. The summed E-state index contributed by atoms with van der Waals surface area (Å²) >= 11 is 0. The van der Waals surface area contributed by atoms with Crippen molar-refractivity contribution in [1.29, 1.82) is 0 Å². The molecule has 2 heterocycles. The molecule has 5 rings (SSSR count). The third-order valence-corrected chi connectivity index (χ3v) is 6.09. The first kappa shape index (κ1) is 20.4. The van der Waals surface area contributed by atoms with Crippen molar-refractivity contribution in [1.82, 2.24) is 0 Å². The number of aryl methyl sites for hydroxylation is 1. The van der Waals surface area contributed by atoms with Crippen LogP contribution in [-0.2, 0) is 6.42 Å². The summed E-state index contributed by atoms with van der Waals surface area (Å²) in [5.74, 6) is 1.93. The zero-order valence-electron chi connectivity index (χ0n) is 18.6. The molecule has 0 fully saturated rings. The smallest absolute Gasteiger partial charge is 0.126 e. The van der Waals surface area contributed by atoms with Crippen LogP contribution >= 0.6 is 0 Å². The first-order valence-electron chi connectivity index (χ1n) is 11.5. The molecule has 0 radical (unpaired) electrons. The maximum atomic E-state index is 5.89. The van der Waals surface area contributed by atoms with Crippen molar-refractivity contribution in [2.24, 2.45) is 0 Å². The normalized spacial score (nSPS) is 17.3. The molecule has 0 saturated heterocycles. The fourth-order valence-corrected chi connectivity index (χ4v) is 4.44. The van der Waals surface area contributed by atoms with E-state index in [9.17, 15) is 0 Å². The molecule has 3 nitrogen and oxygen atoms in total. The van der Waals surface area contributed by atoms with Crippen LogP contribution in [0.15, 0.2) is 85.2 Å². The van der Waals surface area contributed by atoms with Gasteiger partial charge in [-0.2, -0.15) is 0 Å². The van der Waals surface area contributed by atoms with E-state index in [-0.39, 0.29) is 0 Å². The largest absolute Gasteiger partial charge is 0.493 e. The van der Waals surface area contributed by atoms with Crippen LogP contribution in [0.25, 0.3) is 11.1 Å². The molecular formula is C29H29NO2. The Bertz CT molecular complexity index is 1080. The Morgan fingerprint density at radius 1 is 0.719 bits per heavy atom. The summed E-state index contributed by atoms with van der Waals surface area (Å²) < 4.78 is 11.8. The van der Waals surface area contributed by atoms with Crippen molar-refractivity contribution < 1.29 is 9.47 Å². The predicted octanol–water partition coefficient (Wildman–Crippen LogP) is 7.09. The Morgan fingerprint density at radius 2 is 1.25 bits per heavy atom. The second-order valence-electron chi connectivity index (χ2n) is 8.32. The number of anilines is 1. The van der Waals surface area contributed by atoms with E-state index < -0.39 is 0 Å². The van der Waals surface area contributed by atoms with E-state index in [0.717, 1.165) is 42.9 Å². The van der Waals surface area contributed by atoms with Crippen LogP contribution in [0.4, 0.5) is 5.69 Å². The molecule has 0 spiro atoms. The van der Waals surface area contributed by atoms with Gasteiger partial charge in [0, 0.05) is 42.1 Å². The molecule has 0 amide bonds. The maximum Gasteiger partial charge on any atom is 0.126 e. The summed E-state index contributed by atoms with van der Waals surface area (Å²) in [7, 11) is 0. The lowest BCUT2D eigenvalue weighted by molar-refractivity contribution is 0.316. The van der Waals surface area contributed by atoms with Gasteiger partial charge in [0.05, 0.1) is 13.2 Å². The van der Waals surface area contributed by atoms with Crippen LogP contribution in [0.3, 0.4) is 0 Å². The third kappa shape index (κ3) is 4.29. The van der Waals surface area contributed by atoms with E-state index in [4.69, 9.17) is 9.47 Å². The van der Waals surface area contributed by atoms with E-state index in [1.54, 1.807) is 0 Å². The van der Waals surface area contributed by atoms with Gasteiger partial charge in [-0.15, -0.1) is 0 Å². The Kier molecular flexibility index (Phi) is 5.98. The van der Waals surface area contributed by atoms with Crippen LogP contribution in [0.1, 0.15) is 42.9 Å². The molecule has 162 valence electrons. The maximum absolute atomic E-state index is 5.89. The van der Waals surface area contributed by atoms with Crippen molar-refractivity contribution in [3.05, 3.63) is 102 Å². The number of rotatable bonds is 5. The monoisotopic (exact) mass is 423 g/mol. The Labute approximate surface area is 190 Å². The van der Waals surface area contributed by atoms with Gasteiger partial charge in [-0.25, -0.2) is 0 Å². The van der Waals surface area contributed by atoms with Crippen molar-refractivity contribution in [3.63, 3.8) is 0 Å². The quantitative estimate of drug-likeness (QED) is 0.437. The van der Waals surface area contributed by atoms with Crippen LogP contribution in [0.2, 0.25) is 0 Å². The van der Waals surface area contributed by atoms with Crippen LogP contribution in [0.5, 0.6) is 11.5 Å². The highest BCUT2D eigenvalue weighted by Crippen LogP contribution is 2.36. The molecule has 0 saturated carbocycles. The third-order valence-electron chi connectivity index (χ3n) is 6.09. The SMILES string of the molecule is CCCc1ccc(N(/C=C2\CCOc3ccccc32)/C=C2\CCOc3ccccc32)cc1. The number of nitrogens with zero attached hydrogens (tertiary/aromatic N) is 1. The highest BCUT2D eigenvalue weighted by Gasteiger charge is 2.18. The highest BCUT2D eigenvalue weighted by molar-refractivity contribution is 5.78. The van der Waals surface area contributed by atoms with Crippen molar-refractivity contribution in [2.75, 3.05) is 18.1 Å². The summed E-state index contributed by atoms with van der Waals surface area (Å²) in [6.07, 6.45) is 8.61. The number of hydrogen-bond acceptors (Lipinski definition) is 3. The van der Waals surface area contributed by atoms with Gasteiger partial charge in [0.2, 0.25) is 0 Å². The van der Waals surface area contributed by atoms with E-state index in [2.05, 4.69) is 84.9 Å². The van der Waals surface area contributed by atoms with E-state index >= 15 is 0 Å². The van der Waals surface area contributed by atoms with Gasteiger partial charge in [0.25, 0.3) is 0 Å². The fourth-order valence-electron chi connectivity index (χ4n) is 4.44. The highest BCUT2D eigenvalue weighted by atomic mass is 16.5. The fraction of sp³-hybridized carbons (Fsp3) is 0.241. The van der Waals surface area contributed by atoms with Crippen molar-refractivity contribution in [3.8, 4) is 11.5 Å². The molecule has 2 aliphatic rings. The number of ether oxygens (including phenoxy) is 2. The molecule has 32 heavy (non-hydrogen) atoms. The van der Waals surface area contributed by atoms with Gasteiger partial charge in [0.1, 0.15) is 11.5 Å². The zero-order chi connectivity index (χ0) is 21.8. The van der Waals surface area contributed by atoms with Gasteiger partial charge in [-0.1, -0.05) is 61.9 Å². The average molecular weight is 424 g/mol. The van der Waals surface area contributed by atoms with Gasteiger partial charge in [0.15, 0.2) is 0 Å². The van der Waals surface area contributed by atoms with Crippen molar-refractivity contribution >= 4 is 16.8 Å². The first-order valence-corrected chi connectivity index (χ1v) is 11.5. The molecule has 0 bridgehead atoms.